The molecule has 1 aromatic heterocycles. The van der Waals surface area contributed by atoms with Crippen molar-refractivity contribution in [3.8, 4) is 0 Å². The standard InChI is InChI=1S/C13H19N3O/c1-10-5-7-16(11(2)8-10)13(17)15-12-4-3-6-14-9-12/h3-4,6,9-11H,5,7-8H2,1-2H3,(H,15,17). The van der Waals surface area contributed by atoms with Gasteiger partial charge >= 0.3 is 6.03 Å². The van der Waals surface area contributed by atoms with Crippen LogP contribution in [-0.2, 0) is 0 Å². The maximum absolute atomic E-state index is 12.1. The minimum Gasteiger partial charge on any atom is -0.322 e. The van der Waals surface area contributed by atoms with Crippen LogP contribution in [0.25, 0.3) is 0 Å². The van der Waals surface area contributed by atoms with E-state index in [1.807, 2.05) is 17.0 Å². The largest absolute Gasteiger partial charge is 0.322 e. The zero-order valence-electron chi connectivity index (χ0n) is 10.4. The first-order valence-corrected chi connectivity index (χ1v) is 6.14. The smallest absolute Gasteiger partial charge is 0.322 e. The lowest BCUT2D eigenvalue weighted by Gasteiger charge is -2.36. The highest BCUT2D eigenvalue weighted by atomic mass is 16.2. The average Bonchev–Trinajstić information content (AvgIpc) is 2.30. The van der Waals surface area contributed by atoms with Crippen LogP contribution in [-0.4, -0.2) is 28.5 Å². The highest BCUT2D eigenvalue weighted by Crippen LogP contribution is 2.22. The van der Waals surface area contributed by atoms with Gasteiger partial charge in [0.15, 0.2) is 0 Å². The number of likely N-dealkylation sites (tertiary alicyclic amines) is 1. The molecule has 0 saturated carbocycles. The summed E-state index contributed by atoms with van der Waals surface area (Å²) >= 11 is 0. The minimum absolute atomic E-state index is 0.0163. The number of amides is 2. The first-order valence-electron chi connectivity index (χ1n) is 6.14. The van der Waals surface area contributed by atoms with Gasteiger partial charge in [0.2, 0.25) is 0 Å². The van der Waals surface area contributed by atoms with E-state index in [1.165, 1.54) is 0 Å². The van der Waals surface area contributed by atoms with Gasteiger partial charge in [-0.2, -0.15) is 0 Å². The summed E-state index contributed by atoms with van der Waals surface area (Å²) in [6, 6.07) is 3.97. The summed E-state index contributed by atoms with van der Waals surface area (Å²) in [5.41, 5.74) is 0.753. The van der Waals surface area contributed by atoms with Crippen molar-refractivity contribution in [1.82, 2.24) is 9.88 Å². The minimum atomic E-state index is -0.0163. The number of rotatable bonds is 1. The number of aromatic nitrogens is 1. The molecule has 4 heteroatoms. The van der Waals surface area contributed by atoms with Crippen LogP contribution >= 0.6 is 0 Å². The van der Waals surface area contributed by atoms with Gasteiger partial charge in [0, 0.05) is 18.8 Å². The number of piperidine rings is 1. The SMILES string of the molecule is CC1CCN(C(=O)Nc2cccnc2)C(C)C1. The molecular weight excluding hydrogens is 214 g/mol. The Balaban J connectivity index is 1.96. The van der Waals surface area contributed by atoms with Crippen LogP contribution in [0.5, 0.6) is 0 Å². The van der Waals surface area contributed by atoms with Crippen LogP contribution in [0.2, 0.25) is 0 Å². The number of carbonyl (C=O) groups excluding carboxylic acids is 1. The van der Waals surface area contributed by atoms with Crippen LogP contribution in [0.15, 0.2) is 24.5 Å². The van der Waals surface area contributed by atoms with Crippen LogP contribution in [0, 0.1) is 5.92 Å². The second-order valence-corrected chi connectivity index (χ2v) is 4.84. The van der Waals surface area contributed by atoms with Crippen molar-refractivity contribution in [2.24, 2.45) is 5.92 Å². The van der Waals surface area contributed by atoms with E-state index in [2.05, 4.69) is 24.1 Å². The van der Waals surface area contributed by atoms with E-state index < -0.39 is 0 Å². The molecule has 0 aliphatic carbocycles. The maximum atomic E-state index is 12.1. The third kappa shape index (κ3) is 2.96. The molecule has 1 fully saturated rings. The summed E-state index contributed by atoms with van der Waals surface area (Å²) < 4.78 is 0. The topological polar surface area (TPSA) is 45.2 Å². The summed E-state index contributed by atoms with van der Waals surface area (Å²) in [7, 11) is 0. The first-order chi connectivity index (χ1) is 8.16. The Labute approximate surface area is 102 Å². The second-order valence-electron chi connectivity index (χ2n) is 4.84. The van der Waals surface area contributed by atoms with Crippen molar-refractivity contribution in [3.63, 3.8) is 0 Å². The van der Waals surface area contributed by atoms with Crippen molar-refractivity contribution in [2.45, 2.75) is 32.7 Å². The van der Waals surface area contributed by atoms with E-state index in [1.54, 1.807) is 12.4 Å². The molecule has 1 N–H and O–H groups in total. The lowest BCUT2D eigenvalue weighted by molar-refractivity contribution is 0.150. The molecular formula is C13H19N3O. The fraction of sp³-hybridized carbons (Fsp3) is 0.538. The fourth-order valence-corrected chi connectivity index (χ4v) is 2.34. The molecule has 2 atom stereocenters. The van der Waals surface area contributed by atoms with Gasteiger partial charge < -0.3 is 10.2 Å². The first kappa shape index (κ1) is 11.9. The molecule has 2 unspecified atom stereocenters. The molecule has 0 bridgehead atoms. The zero-order valence-corrected chi connectivity index (χ0v) is 10.4. The van der Waals surface area contributed by atoms with Crippen molar-refractivity contribution < 1.29 is 4.79 Å². The van der Waals surface area contributed by atoms with E-state index in [4.69, 9.17) is 0 Å². The van der Waals surface area contributed by atoms with Crippen molar-refractivity contribution >= 4 is 11.7 Å². The number of carbonyl (C=O) groups is 1. The molecule has 1 aliphatic heterocycles. The molecule has 2 amide bonds. The highest BCUT2D eigenvalue weighted by molar-refractivity contribution is 5.89. The van der Waals surface area contributed by atoms with E-state index in [0.29, 0.717) is 12.0 Å². The van der Waals surface area contributed by atoms with Gasteiger partial charge in [-0.3, -0.25) is 4.98 Å². The van der Waals surface area contributed by atoms with Crippen LogP contribution < -0.4 is 5.32 Å². The van der Waals surface area contributed by atoms with Crippen molar-refractivity contribution in [3.05, 3.63) is 24.5 Å². The lowest BCUT2D eigenvalue weighted by Crippen LogP contribution is -2.46. The molecule has 2 heterocycles. The molecule has 4 nitrogen and oxygen atoms in total. The predicted molar refractivity (Wildman–Crippen MR) is 67.8 cm³/mol. The van der Waals surface area contributed by atoms with E-state index in [-0.39, 0.29) is 6.03 Å². The van der Waals surface area contributed by atoms with Crippen LogP contribution in [0.4, 0.5) is 10.5 Å². The number of anilines is 1. The number of nitrogens with one attached hydrogen (secondary N) is 1. The Kier molecular flexibility index (Phi) is 3.61. The maximum Gasteiger partial charge on any atom is 0.322 e. The number of hydrogen-bond donors (Lipinski definition) is 1. The van der Waals surface area contributed by atoms with E-state index in [9.17, 15) is 4.79 Å². The Hall–Kier alpha value is -1.58. The van der Waals surface area contributed by atoms with Crippen LogP contribution in [0.3, 0.4) is 0 Å². The summed E-state index contributed by atoms with van der Waals surface area (Å²) in [4.78, 5) is 18.0. The molecule has 0 spiro atoms. The van der Waals surface area contributed by atoms with Gasteiger partial charge in [0.1, 0.15) is 0 Å². The Morgan fingerprint density at radius 3 is 3.00 bits per heavy atom. The Bertz CT molecular complexity index is 380. The summed E-state index contributed by atoms with van der Waals surface area (Å²) in [5.74, 6) is 0.715. The highest BCUT2D eigenvalue weighted by Gasteiger charge is 2.26. The second kappa shape index (κ2) is 5.17. The molecule has 0 aromatic carbocycles. The number of nitrogens with zero attached hydrogens (tertiary/aromatic N) is 2. The van der Waals surface area contributed by atoms with E-state index >= 15 is 0 Å². The number of hydrogen-bond acceptors (Lipinski definition) is 2. The van der Waals surface area contributed by atoms with Crippen LogP contribution in [0.1, 0.15) is 26.7 Å². The van der Waals surface area contributed by atoms with Gasteiger partial charge in [0.25, 0.3) is 0 Å². The van der Waals surface area contributed by atoms with Gasteiger partial charge in [-0.05, 0) is 37.8 Å². The zero-order chi connectivity index (χ0) is 12.3. The molecule has 0 radical (unpaired) electrons. The molecule has 17 heavy (non-hydrogen) atoms. The molecule has 1 saturated heterocycles. The van der Waals surface area contributed by atoms with Gasteiger partial charge in [0.05, 0.1) is 11.9 Å². The van der Waals surface area contributed by atoms with Gasteiger partial charge in [-0.25, -0.2) is 4.79 Å². The monoisotopic (exact) mass is 233 g/mol. The van der Waals surface area contributed by atoms with E-state index in [0.717, 1.165) is 25.1 Å². The summed E-state index contributed by atoms with van der Waals surface area (Å²) in [6.07, 6.45) is 5.53. The molecule has 1 aromatic rings. The van der Waals surface area contributed by atoms with Crippen molar-refractivity contribution in [2.75, 3.05) is 11.9 Å². The fourth-order valence-electron chi connectivity index (χ4n) is 2.34. The van der Waals surface area contributed by atoms with Crippen molar-refractivity contribution in [1.29, 1.82) is 0 Å². The number of pyridine rings is 1. The number of urea groups is 1. The quantitative estimate of drug-likeness (QED) is 0.810. The molecule has 1 aliphatic rings. The van der Waals surface area contributed by atoms with Gasteiger partial charge in [-0.15, -0.1) is 0 Å². The normalized spacial score (nSPS) is 24.5. The third-order valence-corrected chi connectivity index (χ3v) is 3.31. The average molecular weight is 233 g/mol. The third-order valence-electron chi connectivity index (χ3n) is 3.31. The Morgan fingerprint density at radius 1 is 1.53 bits per heavy atom. The lowest BCUT2D eigenvalue weighted by atomic mass is 9.94. The van der Waals surface area contributed by atoms with Gasteiger partial charge in [-0.1, -0.05) is 6.92 Å². The summed E-state index contributed by atoms with van der Waals surface area (Å²) in [5, 5.41) is 2.88. The predicted octanol–water partition coefficient (Wildman–Crippen LogP) is 2.73. The molecule has 92 valence electrons. The molecule has 2 rings (SSSR count). The summed E-state index contributed by atoms with van der Waals surface area (Å²) in [6.45, 7) is 5.19. The Morgan fingerprint density at radius 2 is 2.35 bits per heavy atom.